The molecule has 3 atom stereocenters. The fourth-order valence-corrected chi connectivity index (χ4v) is 6.77. The largest absolute Gasteiger partial charge is 0.487 e. The van der Waals surface area contributed by atoms with Crippen molar-refractivity contribution in [3.05, 3.63) is 76.5 Å². The highest BCUT2D eigenvalue weighted by molar-refractivity contribution is 5.95. The third-order valence-electron chi connectivity index (χ3n) is 9.30. The lowest BCUT2D eigenvalue weighted by atomic mass is 9.87. The predicted molar refractivity (Wildman–Crippen MR) is 156 cm³/mol. The second-order valence-corrected chi connectivity index (χ2v) is 12.0. The number of anilines is 1. The van der Waals surface area contributed by atoms with Crippen LogP contribution >= 0.6 is 0 Å². The van der Waals surface area contributed by atoms with Crippen molar-refractivity contribution in [2.45, 2.75) is 63.3 Å². The molecule has 2 N–H and O–H groups in total. The van der Waals surface area contributed by atoms with E-state index < -0.39 is 17.6 Å². The quantitative estimate of drug-likeness (QED) is 0.358. The number of aromatic nitrogens is 1. The summed E-state index contributed by atoms with van der Waals surface area (Å²) < 4.78 is 54.5. The van der Waals surface area contributed by atoms with Crippen molar-refractivity contribution < 1.29 is 32.2 Å². The van der Waals surface area contributed by atoms with Gasteiger partial charge in [-0.3, -0.25) is 9.59 Å². The number of likely N-dealkylation sites (tertiary alicyclic amines) is 1. The molecule has 0 radical (unpaired) electrons. The van der Waals surface area contributed by atoms with E-state index in [1.54, 1.807) is 18.3 Å². The molecule has 2 aromatic carbocycles. The van der Waals surface area contributed by atoms with Gasteiger partial charge in [-0.1, -0.05) is 13.0 Å². The van der Waals surface area contributed by atoms with Gasteiger partial charge in [0.2, 0.25) is 5.91 Å². The number of amides is 2. The molecule has 11 heteroatoms. The molecule has 3 aliphatic heterocycles. The first-order chi connectivity index (χ1) is 21.2. The number of fused-ring (bicyclic) bond motifs is 4. The minimum atomic E-state index is -4.55. The monoisotopic (exact) mass is 606 g/mol. The van der Waals surface area contributed by atoms with E-state index in [0.29, 0.717) is 42.3 Å². The normalized spacial score (nSPS) is 22.7. The molecule has 3 aromatic rings. The molecule has 8 nitrogen and oxygen atoms in total. The molecule has 7 rings (SSSR count). The van der Waals surface area contributed by atoms with Gasteiger partial charge in [0.25, 0.3) is 5.91 Å². The van der Waals surface area contributed by atoms with Crippen LogP contribution in [0.15, 0.2) is 48.7 Å². The molecule has 3 unspecified atom stereocenters. The summed E-state index contributed by atoms with van der Waals surface area (Å²) in [6.07, 6.45) is -0.300. The Bertz CT molecular complexity index is 1620. The van der Waals surface area contributed by atoms with Gasteiger partial charge in [0, 0.05) is 29.3 Å². The van der Waals surface area contributed by atoms with Gasteiger partial charge < -0.3 is 25.0 Å². The zero-order chi connectivity index (χ0) is 30.6. The highest BCUT2D eigenvalue weighted by atomic mass is 19.4. The molecule has 230 valence electrons. The second kappa shape index (κ2) is 11.1. The summed E-state index contributed by atoms with van der Waals surface area (Å²) in [7, 11) is 0. The minimum Gasteiger partial charge on any atom is -0.487 e. The van der Waals surface area contributed by atoms with Gasteiger partial charge in [-0.15, -0.1) is 0 Å². The van der Waals surface area contributed by atoms with Crippen molar-refractivity contribution in [1.82, 2.24) is 15.2 Å². The van der Waals surface area contributed by atoms with Crippen molar-refractivity contribution in [3.63, 3.8) is 0 Å². The van der Waals surface area contributed by atoms with E-state index in [0.717, 1.165) is 49.7 Å². The van der Waals surface area contributed by atoms with E-state index in [9.17, 15) is 22.8 Å². The number of nitrogens with one attached hydrogen (secondary N) is 2. The molecule has 2 amide bonds. The fraction of sp³-hybridized carbons (Fsp3) is 0.424. The Morgan fingerprint density at radius 1 is 1.14 bits per heavy atom. The maximum absolute atomic E-state index is 14.1. The number of hydrogen-bond acceptors (Lipinski definition) is 6. The number of ether oxygens (including phenoxy) is 2. The average Bonchev–Trinajstić information content (AvgIpc) is 3.53. The first-order valence-electron chi connectivity index (χ1n) is 15.2. The molecule has 2 fully saturated rings. The molecule has 4 aliphatic rings. The van der Waals surface area contributed by atoms with Crippen molar-refractivity contribution in [1.29, 1.82) is 0 Å². The van der Waals surface area contributed by atoms with Crippen LogP contribution in [0, 0.1) is 5.92 Å². The number of carbonyl (C=O) groups is 2. The Hall–Kier alpha value is -4.12. The Kier molecular flexibility index (Phi) is 7.23. The average molecular weight is 607 g/mol. The van der Waals surface area contributed by atoms with Crippen molar-refractivity contribution >= 4 is 17.6 Å². The minimum absolute atomic E-state index is 0.0151. The third kappa shape index (κ3) is 5.49. The van der Waals surface area contributed by atoms with Crippen LogP contribution in [0.3, 0.4) is 0 Å². The molecule has 4 heterocycles. The van der Waals surface area contributed by atoms with Crippen LogP contribution in [-0.2, 0) is 23.8 Å². The highest BCUT2D eigenvalue weighted by Gasteiger charge is 2.59. The van der Waals surface area contributed by atoms with Crippen LogP contribution in [-0.4, -0.2) is 53.5 Å². The SMILES string of the molecule is CCN1CCC(Cc2ccc(C(=O)NC3C4Oc5ccc(Oc6ccnc7c6CCC(=O)N7)cc5C34)cc2C(F)(F)F)CC1. The number of piperidine rings is 1. The lowest BCUT2D eigenvalue weighted by molar-refractivity contribution is -0.138. The second-order valence-electron chi connectivity index (χ2n) is 12.0. The summed E-state index contributed by atoms with van der Waals surface area (Å²) in [5.74, 6) is 1.78. The van der Waals surface area contributed by atoms with Gasteiger partial charge in [-0.05, 0) is 93.2 Å². The maximum Gasteiger partial charge on any atom is 0.416 e. The molecule has 1 saturated heterocycles. The highest BCUT2D eigenvalue weighted by Crippen LogP contribution is 2.54. The number of hydrogen-bond donors (Lipinski definition) is 2. The molecule has 0 spiro atoms. The van der Waals surface area contributed by atoms with Crippen LogP contribution in [0.2, 0.25) is 0 Å². The molecule has 1 aromatic heterocycles. The van der Waals surface area contributed by atoms with E-state index in [2.05, 4.69) is 27.4 Å². The summed E-state index contributed by atoms with van der Waals surface area (Å²) in [6.45, 7) is 4.85. The number of rotatable bonds is 7. The Labute approximate surface area is 252 Å². The predicted octanol–water partition coefficient (Wildman–Crippen LogP) is 5.71. The van der Waals surface area contributed by atoms with Crippen LogP contribution < -0.4 is 20.1 Å². The van der Waals surface area contributed by atoms with Crippen molar-refractivity contribution in [2.75, 3.05) is 25.0 Å². The number of halogens is 3. The smallest absolute Gasteiger partial charge is 0.416 e. The summed E-state index contributed by atoms with van der Waals surface area (Å²) in [5.41, 5.74) is 1.19. The zero-order valence-electron chi connectivity index (χ0n) is 24.2. The van der Waals surface area contributed by atoms with Crippen LogP contribution in [0.5, 0.6) is 17.2 Å². The maximum atomic E-state index is 14.1. The fourth-order valence-electron chi connectivity index (χ4n) is 6.77. The Morgan fingerprint density at radius 2 is 1.95 bits per heavy atom. The molecule has 44 heavy (non-hydrogen) atoms. The third-order valence-corrected chi connectivity index (χ3v) is 9.30. The van der Waals surface area contributed by atoms with Gasteiger partial charge in [0.15, 0.2) is 0 Å². The molecule has 1 aliphatic carbocycles. The number of carbonyl (C=O) groups excluding carboxylic acids is 2. The lowest BCUT2D eigenvalue weighted by Gasteiger charge is -2.31. The lowest BCUT2D eigenvalue weighted by Crippen LogP contribution is -2.34. The Balaban J connectivity index is 1.03. The van der Waals surface area contributed by atoms with Crippen molar-refractivity contribution in [3.8, 4) is 17.2 Å². The number of alkyl halides is 3. The summed E-state index contributed by atoms with van der Waals surface area (Å²) in [5, 5.41) is 5.65. The topological polar surface area (TPSA) is 92.8 Å². The molecular formula is C33H33F3N4O4. The van der Waals surface area contributed by atoms with Gasteiger partial charge in [-0.25, -0.2) is 4.98 Å². The summed E-state index contributed by atoms with van der Waals surface area (Å²) >= 11 is 0. The van der Waals surface area contributed by atoms with Crippen LogP contribution in [0.1, 0.15) is 64.7 Å². The number of nitrogens with zero attached hydrogens (tertiary/aromatic N) is 2. The molecular weight excluding hydrogens is 573 g/mol. The van der Waals surface area contributed by atoms with Crippen LogP contribution in [0.25, 0.3) is 0 Å². The Morgan fingerprint density at radius 3 is 2.73 bits per heavy atom. The van der Waals surface area contributed by atoms with Gasteiger partial charge in [-0.2, -0.15) is 13.2 Å². The van der Waals surface area contributed by atoms with E-state index >= 15 is 0 Å². The van der Waals surface area contributed by atoms with Gasteiger partial charge >= 0.3 is 6.18 Å². The van der Waals surface area contributed by atoms with Crippen molar-refractivity contribution in [2.24, 2.45) is 5.92 Å². The first-order valence-corrected chi connectivity index (χ1v) is 15.2. The van der Waals surface area contributed by atoms with E-state index in [1.807, 2.05) is 12.1 Å². The first kappa shape index (κ1) is 28.6. The van der Waals surface area contributed by atoms with Crippen LogP contribution in [0.4, 0.5) is 19.0 Å². The standard InChI is InChI=1S/C33H33F3N4O4/c1-2-40-13-10-18(11-14-40)15-19-3-4-20(16-24(19)33(34,35)36)32(42)39-29-28-23-17-21(5-7-25(23)44-30(28)29)43-26-9-12-37-31-22(26)6-8-27(41)38-31/h3-5,7,9,12,16-18,28-30H,2,6,8,10-11,13-15H2,1H3,(H,39,42)(H,37,38,41). The van der Waals surface area contributed by atoms with Gasteiger partial charge in [0.1, 0.15) is 29.2 Å². The number of pyridine rings is 1. The summed E-state index contributed by atoms with van der Waals surface area (Å²) in [4.78, 5) is 31.4. The molecule has 0 bridgehead atoms. The van der Waals surface area contributed by atoms with E-state index in [4.69, 9.17) is 9.47 Å². The number of benzene rings is 2. The molecule has 1 saturated carbocycles. The van der Waals surface area contributed by atoms with Gasteiger partial charge in [0.05, 0.1) is 17.5 Å². The zero-order valence-corrected chi connectivity index (χ0v) is 24.2. The summed E-state index contributed by atoms with van der Waals surface area (Å²) in [6, 6.07) is 10.8. The van der Waals surface area contributed by atoms with E-state index in [-0.39, 0.29) is 41.0 Å². The van der Waals surface area contributed by atoms with E-state index in [1.165, 1.54) is 12.1 Å².